The highest BCUT2D eigenvalue weighted by Gasteiger charge is 2.27. The summed E-state index contributed by atoms with van der Waals surface area (Å²) in [6.07, 6.45) is 2.35. The summed E-state index contributed by atoms with van der Waals surface area (Å²) in [7, 11) is 0. The number of piperidine rings is 1. The molecule has 0 aromatic carbocycles. The number of aliphatic hydroxyl groups is 1. The van der Waals surface area contributed by atoms with Gasteiger partial charge in [-0.3, -0.25) is 0 Å². The predicted molar refractivity (Wildman–Crippen MR) is 120 cm³/mol. The Balaban J connectivity index is 1.59. The van der Waals surface area contributed by atoms with Crippen molar-refractivity contribution in [3.8, 4) is 17.5 Å². The first-order valence-electron chi connectivity index (χ1n) is 11.0. The maximum absolute atomic E-state index is 12.0. The second kappa shape index (κ2) is 11.5. The molecular weight excluding hydrogens is 430 g/mol. The number of carbonyl (C=O) groups excluding carboxylic acids is 1. The fourth-order valence-electron chi connectivity index (χ4n) is 3.25. The summed E-state index contributed by atoms with van der Waals surface area (Å²) in [5.74, 6) is 0.509. The van der Waals surface area contributed by atoms with Gasteiger partial charge < -0.3 is 34.6 Å². The van der Waals surface area contributed by atoms with Gasteiger partial charge in [0.25, 0.3) is 5.88 Å². The van der Waals surface area contributed by atoms with Gasteiger partial charge in [-0.05, 0) is 26.8 Å². The molecule has 0 atom stereocenters. The molecule has 11 heteroatoms. The first kappa shape index (κ1) is 24.3. The number of aryl methyl sites for hydroxylation is 1. The topological polar surface area (TPSA) is 139 Å². The summed E-state index contributed by atoms with van der Waals surface area (Å²) in [6.45, 7) is 6.87. The molecule has 1 saturated heterocycles. The Kier molecular flexibility index (Phi) is 8.47. The second-order valence-electron chi connectivity index (χ2n) is 7.95. The summed E-state index contributed by atoms with van der Waals surface area (Å²) in [4.78, 5) is 26.2. The van der Waals surface area contributed by atoms with E-state index in [0.29, 0.717) is 56.2 Å². The third-order valence-corrected chi connectivity index (χ3v) is 4.97. The lowest BCUT2D eigenvalue weighted by Crippen LogP contribution is -2.42. The van der Waals surface area contributed by atoms with Crippen LogP contribution in [-0.4, -0.2) is 74.7 Å². The van der Waals surface area contributed by atoms with Crippen LogP contribution in [0.15, 0.2) is 18.5 Å². The highest BCUT2D eigenvalue weighted by molar-refractivity contribution is 5.68. The van der Waals surface area contributed by atoms with Gasteiger partial charge in [0.05, 0.1) is 24.1 Å². The number of aromatic nitrogens is 3. The molecule has 2 aromatic rings. The molecule has 33 heavy (non-hydrogen) atoms. The average molecular weight is 462 g/mol. The average Bonchev–Trinajstić information content (AvgIpc) is 2.78. The molecule has 2 aromatic heterocycles. The molecular formula is C22H31N5O6. The first-order chi connectivity index (χ1) is 15.9. The second-order valence-corrected chi connectivity index (χ2v) is 7.95. The molecule has 3 rings (SSSR count). The molecule has 0 spiro atoms. The van der Waals surface area contributed by atoms with Gasteiger partial charge >= 0.3 is 6.09 Å². The highest BCUT2D eigenvalue weighted by Crippen LogP contribution is 2.34. The molecule has 1 fully saturated rings. The predicted octanol–water partition coefficient (Wildman–Crippen LogP) is 2.78. The maximum atomic E-state index is 12.0. The maximum Gasteiger partial charge on any atom is 0.410 e. The van der Waals surface area contributed by atoms with Crippen LogP contribution in [-0.2, 0) is 4.74 Å². The fraction of sp³-hybridized carbons (Fsp3) is 0.545. The summed E-state index contributed by atoms with van der Waals surface area (Å²) in [6, 6.07) is 3.46. The Morgan fingerprint density at radius 1 is 1.27 bits per heavy atom. The van der Waals surface area contributed by atoms with Crippen LogP contribution in [0.1, 0.15) is 38.8 Å². The first-order valence-corrected chi connectivity index (χ1v) is 11.0. The van der Waals surface area contributed by atoms with Crippen LogP contribution in [0, 0.1) is 6.92 Å². The minimum Gasteiger partial charge on any atom is -0.501 e. The minimum atomic E-state index is -0.325. The van der Waals surface area contributed by atoms with E-state index < -0.39 is 0 Å². The van der Waals surface area contributed by atoms with Gasteiger partial charge in [-0.25, -0.2) is 14.8 Å². The standard InChI is InChI=1S/C22H31N5O6/c1-14(2)32-22(30)27-9-7-16(8-10-27)33-21-19(29)20(23-13-24-21)26-17-5-6-18(25-15(17)3)31-12-4-11-28/h5-6,13-14,16,28-29H,4,7-12H2,1-3H3,(H,23,24,26). The fourth-order valence-corrected chi connectivity index (χ4v) is 3.25. The van der Waals surface area contributed by atoms with Crippen LogP contribution in [0.3, 0.4) is 0 Å². The zero-order valence-corrected chi connectivity index (χ0v) is 19.2. The van der Waals surface area contributed by atoms with Crippen LogP contribution in [0.2, 0.25) is 0 Å². The third-order valence-electron chi connectivity index (χ3n) is 4.97. The number of aliphatic hydroxyl groups excluding tert-OH is 1. The van der Waals surface area contributed by atoms with Crippen LogP contribution >= 0.6 is 0 Å². The molecule has 1 aliphatic heterocycles. The zero-order valence-electron chi connectivity index (χ0n) is 19.2. The lowest BCUT2D eigenvalue weighted by molar-refractivity contribution is 0.0500. The number of hydrogen-bond acceptors (Lipinski definition) is 10. The van der Waals surface area contributed by atoms with E-state index >= 15 is 0 Å². The number of nitrogens with zero attached hydrogens (tertiary/aromatic N) is 4. The van der Waals surface area contributed by atoms with E-state index in [1.165, 1.54) is 6.33 Å². The number of rotatable bonds is 9. The molecule has 0 aliphatic carbocycles. The number of amides is 1. The van der Waals surface area contributed by atoms with Gasteiger partial charge in [-0.1, -0.05) is 0 Å². The van der Waals surface area contributed by atoms with Crippen LogP contribution in [0.25, 0.3) is 0 Å². The van der Waals surface area contributed by atoms with E-state index in [1.807, 2.05) is 13.8 Å². The van der Waals surface area contributed by atoms with E-state index in [-0.39, 0.29) is 42.4 Å². The van der Waals surface area contributed by atoms with Crippen molar-refractivity contribution in [2.75, 3.05) is 31.6 Å². The summed E-state index contributed by atoms with van der Waals surface area (Å²) in [5.41, 5.74) is 1.29. The summed E-state index contributed by atoms with van der Waals surface area (Å²) >= 11 is 0. The van der Waals surface area contributed by atoms with E-state index in [4.69, 9.17) is 19.3 Å². The molecule has 0 bridgehead atoms. The van der Waals surface area contributed by atoms with Gasteiger partial charge in [0.2, 0.25) is 11.6 Å². The summed E-state index contributed by atoms with van der Waals surface area (Å²) < 4.78 is 16.6. The van der Waals surface area contributed by atoms with Crippen molar-refractivity contribution >= 4 is 17.6 Å². The Morgan fingerprint density at radius 2 is 2.03 bits per heavy atom. The Labute approximate surface area is 192 Å². The molecule has 0 unspecified atom stereocenters. The summed E-state index contributed by atoms with van der Waals surface area (Å²) in [5, 5.41) is 22.5. The quantitative estimate of drug-likeness (QED) is 0.478. The monoisotopic (exact) mass is 461 g/mol. The number of pyridine rings is 1. The Morgan fingerprint density at radius 3 is 2.70 bits per heavy atom. The molecule has 3 heterocycles. The number of carbonyl (C=O) groups is 1. The molecule has 0 radical (unpaired) electrons. The lowest BCUT2D eigenvalue weighted by atomic mass is 10.1. The zero-order chi connectivity index (χ0) is 23.8. The van der Waals surface area contributed by atoms with Gasteiger partial charge in [0, 0.05) is 45.0 Å². The van der Waals surface area contributed by atoms with Crippen molar-refractivity contribution in [3.63, 3.8) is 0 Å². The number of aromatic hydroxyl groups is 1. The molecule has 11 nitrogen and oxygen atoms in total. The van der Waals surface area contributed by atoms with Gasteiger partial charge in [0.1, 0.15) is 12.4 Å². The highest BCUT2D eigenvalue weighted by atomic mass is 16.6. The van der Waals surface area contributed by atoms with E-state index in [9.17, 15) is 9.90 Å². The van der Waals surface area contributed by atoms with Crippen molar-refractivity contribution in [2.24, 2.45) is 0 Å². The van der Waals surface area contributed by atoms with Gasteiger partial charge in [-0.15, -0.1) is 0 Å². The smallest absolute Gasteiger partial charge is 0.410 e. The molecule has 0 saturated carbocycles. The number of likely N-dealkylation sites (tertiary alicyclic amines) is 1. The number of hydrogen-bond donors (Lipinski definition) is 3. The Bertz CT molecular complexity index is 933. The number of nitrogens with one attached hydrogen (secondary N) is 1. The van der Waals surface area contributed by atoms with Crippen molar-refractivity contribution in [1.82, 2.24) is 19.9 Å². The lowest BCUT2D eigenvalue weighted by Gasteiger charge is -2.31. The van der Waals surface area contributed by atoms with Crippen molar-refractivity contribution in [3.05, 3.63) is 24.2 Å². The van der Waals surface area contributed by atoms with Gasteiger partial charge in [0.15, 0.2) is 5.82 Å². The van der Waals surface area contributed by atoms with E-state index in [1.54, 1.807) is 24.0 Å². The minimum absolute atomic E-state index is 0.0554. The van der Waals surface area contributed by atoms with E-state index in [2.05, 4.69) is 20.3 Å². The SMILES string of the molecule is Cc1nc(OCCCO)ccc1Nc1ncnc(OC2CCN(C(=O)OC(C)C)CC2)c1O. The number of anilines is 2. The molecule has 180 valence electrons. The van der Waals surface area contributed by atoms with E-state index in [0.717, 1.165) is 0 Å². The third kappa shape index (κ3) is 6.82. The van der Waals surface area contributed by atoms with Crippen LogP contribution < -0.4 is 14.8 Å². The van der Waals surface area contributed by atoms with Gasteiger partial charge in [-0.2, -0.15) is 4.98 Å². The van der Waals surface area contributed by atoms with Crippen molar-refractivity contribution in [1.29, 1.82) is 0 Å². The Hall–Kier alpha value is -3.34. The van der Waals surface area contributed by atoms with Crippen molar-refractivity contribution < 1.29 is 29.2 Å². The molecule has 3 N–H and O–H groups in total. The molecule has 1 amide bonds. The van der Waals surface area contributed by atoms with Crippen molar-refractivity contribution in [2.45, 2.75) is 52.2 Å². The van der Waals surface area contributed by atoms with Crippen LogP contribution in [0.4, 0.5) is 16.3 Å². The van der Waals surface area contributed by atoms with Crippen LogP contribution in [0.5, 0.6) is 17.5 Å². The normalized spacial score (nSPS) is 14.3. The largest absolute Gasteiger partial charge is 0.501 e. The molecule has 1 aliphatic rings. The number of ether oxygens (including phenoxy) is 3.